The second-order valence-corrected chi connectivity index (χ2v) is 7.59. The molecule has 2 aromatic carbocycles. The normalized spacial score (nSPS) is 15.3. The van der Waals surface area contributed by atoms with Gasteiger partial charge in [0, 0.05) is 18.7 Å². The largest absolute Gasteiger partial charge is 0.478 e. The number of aromatic nitrogens is 1. The molecule has 4 rings (SSSR count). The molecule has 0 saturated carbocycles. The number of rotatable bonds is 6. The van der Waals surface area contributed by atoms with E-state index in [4.69, 9.17) is 4.74 Å². The van der Waals surface area contributed by atoms with Crippen LogP contribution in [0.15, 0.2) is 54.9 Å². The fraction of sp³-hybridized carbons (Fsp3) is 0.250. The maximum absolute atomic E-state index is 14.1. The number of carboxylic acid groups (broad SMARTS) is 1. The minimum absolute atomic E-state index is 0.213. The number of pyridine rings is 1. The zero-order valence-electron chi connectivity index (χ0n) is 16.7. The van der Waals surface area contributed by atoms with E-state index in [0.717, 1.165) is 24.8 Å². The summed E-state index contributed by atoms with van der Waals surface area (Å²) in [5.41, 5.74) is 3.98. The molecule has 1 aromatic heterocycles. The van der Waals surface area contributed by atoms with Gasteiger partial charge in [-0.2, -0.15) is 0 Å². The average molecular weight is 406 g/mol. The van der Waals surface area contributed by atoms with Gasteiger partial charge in [-0.1, -0.05) is 12.1 Å². The van der Waals surface area contributed by atoms with E-state index in [2.05, 4.69) is 10.3 Å². The highest BCUT2D eigenvalue weighted by molar-refractivity contribution is 5.93. The first-order valence-corrected chi connectivity index (χ1v) is 9.99. The van der Waals surface area contributed by atoms with E-state index in [1.165, 1.54) is 29.5 Å². The molecule has 2 N–H and O–H groups in total. The molecule has 0 spiro atoms. The molecule has 5 nitrogen and oxygen atoms in total. The number of halogens is 1. The van der Waals surface area contributed by atoms with Crippen LogP contribution >= 0.6 is 0 Å². The van der Waals surface area contributed by atoms with Gasteiger partial charge in [0.1, 0.15) is 5.75 Å². The summed E-state index contributed by atoms with van der Waals surface area (Å²) in [6.45, 7) is 2.45. The minimum atomic E-state index is -0.978. The van der Waals surface area contributed by atoms with Gasteiger partial charge in [-0.3, -0.25) is 4.98 Å². The molecule has 1 aliphatic carbocycles. The SMILES string of the molecule is Cc1ccc(Oc2ccc3c(c2)CCCC3CNc2cnccc2C(=O)O)c(F)c1. The summed E-state index contributed by atoms with van der Waals surface area (Å²) < 4.78 is 19.9. The van der Waals surface area contributed by atoms with Gasteiger partial charge in [0.25, 0.3) is 0 Å². The Bertz CT molecular complexity index is 1080. The van der Waals surface area contributed by atoms with Crippen molar-refractivity contribution in [2.45, 2.75) is 32.1 Å². The highest BCUT2D eigenvalue weighted by Crippen LogP contribution is 2.35. The fourth-order valence-corrected chi connectivity index (χ4v) is 3.94. The van der Waals surface area contributed by atoms with E-state index in [1.54, 1.807) is 12.3 Å². The molecular formula is C24H23FN2O3. The Morgan fingerprint density at radius 1 is 1.27 bits per heavy atom. The molecule has 1 heterocycles. The van der Waals surface area contributed by atoms with Crippen molar-refractivity contribution in [3.05, 3.63) is 82.9 Å². The molecule has 0 fully saturated rings. The number of fused-ring (bicyclic) bond motifs is 1. The van der Waals surface area contributed by atoms with Gasteiger partial charge in [0.2, 0.25) is 0 Å². The predicted molar refractivity (Wildman–Crippen MR) is 113 cm³/mol. The second kappa shape index (κ2) is 8.53. The lowest BCUT2D eigenvalue weighted by Gasteiger charge is -2.27. The zero-order chi connectivity index (χ0) is 21.1. The Labute approximate surface area is 174 Å². The highest BCUT2D eigenvalue weighted by atomic mass is 19.1. The van der Waals surface area contributed by atoms with Crippen molar-refractivity contribution in [3.63, 3.8) is 0 Å². The predicted octanol–water partition coefficient (Wildman–Crippen LogP) is 5.55. The average Bonchev–Trinajstić information content (AvgIpc) is 2.74. The summed E-state index contributed by atoms with van der Waals surface area (Å²) in [6, 6.07) is 12.3. The van der Waals surface area contributed by atoms with Gasteiger partial charge < -0.3 is 15.2 Å². The lowest BCUT2D eigenvalue weighted by Crippen LogP contribution is -2.19. The van der Waals surface area contributed by atoms with E-state index >= 15 is 0 Å². The number of carbonyl (C=O) groups is 1. The van der Waals surface area contributed by atoms with Crippen LogP contribution in [0.3, 0.4) is 0 Å². The first kappa shape index (κ1) is 19.9. The number of carboxylic acids is 1. The molecule has 1 atom stereocenters. The number of hydrogen-bond acceptors (Lipinski definition) is 4. The molecule has 1 aliphatic rings. The van der Waals surface area contributed by atoms with Crippen LogP contribution in [-0.4, -0.2) is 22.6 Å². The van der Waals surface area contributed by atoms with Gasteiger partial charge in [-0.05, 0) is 73.2 Å². The number of aromatic carboxylic acids is 1. The first-order valence-electron chi connectivity index (χ1n) is 9.99. The summed E-state index contributed by atoms with van der Waals surface area (Å²) in [6.07, 6.45) is 5.99. The minimum Gasteiger partial charge on any atom is -0.478 e. The molecule has 0 bridgehead atoms. The number of aryl methyl sites for hydroxylation is 2. The maximum atomic E-state index is 14.1. The molecule has 0 radical (unpaired) electrons. The van der Waals surface area contributed by atoms with Crippen molar-refractivity contribution in [1.82, 2.24) is 4.98 Å². The zero-order valence-corrected chi connectivity index (χ0v) is 16.7. The summed E-state index contributed by atoms with van der Waals surface area (Å²) in [5, 5.41) is 12.6. The van der Waals surface area contributed by atoms with Crippen molar-refractivity contribution in [2.75, 3.05) is 11.9 Å². The van der Waals surface area contributed by atoms with Crippen LogP contribution in [0.2, 0.25) is 0 Å². The summed E-state index contributed by atoms with van der Waals surface area (Å²) in [5.74, 6) is -0.270. The van der Waals surface area contributed by atoms with E-state index < -0.39 is 5.97 Å². The van der Waals surface area contributed by atoms with E-state index in [-0.39, 0.29) is 23.0 Å². The standard InChI is InChI=1S/C24H23FN2O3/c1-15-5-8-23(21(25)11-15)30-18-6-7-19-16(12-18)3-2-4-17(19)13-27-22-14-26-10-9-20(22)24(28)29/h5-12,14,17,27H,2-4,13H2,1H3,(H,28,29). The Balaban J connectivity index is 1.50. The quantitative estimate of drug-likeness (QED) is 0.561. The maximum Gasteiger partial charge on any atom is 0.337 e. The Kier molecular flexibility index (Phi) is 5.65. The Morgan fingerprint density at radius 2 is 2.13 bits per heavy atom. The summed E-state index contributed by atoms with van der Waals surface area (Å²) in [7, 11) is 0. The smallest absolute Gasteiger partial charge is 0.337 e. The van der Waals surface area contributed by atoms with Crippen molar-refractivity contribution in [3.8, 4) is 11.5 Å². The molecule has 30 heavy (non-hydrogen) atoms. The van der Waals surface area contributed by atoms with E-state index in [9.17, 15) is 14.3 Å². The molecule has 0 amide bonds. The van der Waals surface area contributed by atoms with Crippen LogP contribution in [0.25, 0.3) is 0 Å². The summed E-state index contributed by atoms with van der Waals surface area (Å²) in [4.78, 5) is 15.4. The Morgan fingerprint density at radius 3 is 2.93 bits per heavy atom. The van der Waals surface area contributed by atoms with Crippen LogP contribution in [-0.2, 0) is 6.42 Å². The fourth-order valence-electron chi connectivity index (χ4n) is 3.94. The van der Waals surface area contributed by atoms with Crippen LogP contribution in [0.4, 0.5) is 10.1 Å². The van der Waals surface area contributed by atoms with Crippen molar-refractivity contribution in [2.24, 2.45) is 0 Å². The van der Waals surface area contributed by atoms with Gasteiger partial charge >= 0.3 is 5.97 Å². The Hall–Kier alpha value is -3.41. The van der Waals surface area contributed by atoms with Crippen molar-refractivity contribution >= 4 is 11.7 Å². The molecule has 6 heteroatoms. The lowest BCUT2D eigenvalue weighted by atomic mass is 9.82. The van der Waals surface area contributed by atoms with Gasteiger partial charge in [0.15, 0.2) is 11.6 Å². The van der Waals surface area contributed by atoms with Crippen molar-refractivity contribution < 1.29 is 19.0 Å². The second-order valence-electron chi connectivity index (χ2n) is 7.59. The topological polar surface area (TPSA) is 71.5 Å². The van der Waals surface area contributed by atoms with E-state index in [0.29, 0.717) is 18.0 Å². The number of nitrogens with zero attached hydrogens (tertiary/aromatic N) is 1. The van der Waals surface area contributed by atoms with Crippen LogP contribution in [0, 0.1) is 12.7 Å². The third-order valence-electron chi connectivity index (χ3n) is 5.46. The molecule has 3 aromatic rings. The van der Waals surface area contributed by atoms with Gasteiger partial charge in [-0.15, -0.1) is 0 Å². The molecule has 1 unspecified atom stereocenters. The third-order valence-corrected chi connectivity index (χ3v) is 5.46. The van der Waals surface area contributed by atoms with E-state index in [1.807, 2.05) is 31.2 Å². The van der Waals surface area contributed by atoms with Gasteiger partial charge in [0.05, 0.1) is 17.4 Å². The number of nitrogens with one attached hydrogen (secondary N) is 1. The van der Waals surface area contributed by atoms with Crippen LogP contribution in [0.1, 0.15) is 45.8 Å². The monoisotopic (exact) mass is 406 g/mol. The van der Waals surface area contributed by atoms with Crippen LogP contribution in [0.5, 0.6) is 11.5 Å². The molecule has 0 aliphatic heterocycles. The molecular weight excluding hydrogens is 383 g/mol. The first-order chi connectivity index (χ1) is 14.5. The van der Waals surface area contributed by atoms with Gasteiger partial charge in [-0.25, -0.2) is 9.18 Å². The number of ether oxygens (including phenoxy) is 1. The molecule has 154 valence electrons. The third kappa shape index (κ3) is 4.27. The summed E-state index contributed by atoms with van der Waals surface area (Å²) >= 11 is 0. The van der Waals surface area contributed by atoms with Crippen molar-refractivity contribution in [1.29, 1.82) is 0 Å². The number of hydrogen-bond donors (Lipinski definition) is 2. The highest BCUT2D eigenvalue weighted by Gasteiger charge is 2.22. The van der Waals surface area contributed by atoms with Crippen LogP contribution < -0.4 is 10.1 Å². The lowest BCUT2D eigenvalue weighted by molar-refractivity contribution is 0.0697. The number of anilines is 1. The number of benzene rings is 2. The molecule has 0 saturated heterocycles.